The standard InChI is InChI=1S/C18H25FN2O3/c1-18(2,13-4-3-5-14(19)10-13)11-20-17(24)21-15-8-6-12(7-9-15)16(22)23/h3-5,10,12,15H,6-9,11H2,1-2H3,(H,22,23)(H2,20,21,24). The lowest BCUT2D eigenvalue weighted by Gasteiger charge is -2.29. The fourth-order valence-electron chi connectivity index (χ4n) is 3.03. The van der Waals surface area contributed by atoms with Gasteiger partial charge in [-0.15, -0.1) is 0 Å². The summed E-state index contributed by atoms with van der Waals surface area (Å²) in [6.45, 7) is 4.27. The molecule has 0 spiro atoms. The number of hydrogen-bond donors (Lipinski definition) is 3. The highest BCUT2D eigenvalue weighted by molar-refractivity contribution is 5.74. The van der Waals surface area contributed by atoms with E-state index in [0.29, 0.717) is 32.2 Å². The molecular formula is C18H25FN2O3. The molecule has 1 aromatic rings. The molecule has 5 nitrogen and oxygen atoms in total. The van der Waals surface area contributed by atoms with E-state index in [2.05, 4.69) is 10.6 Å². The number of nitrogens with one attached hydrogen (secondary N) is 2. The molecule has 0 unspecified atom stereocenters. The molecule has 2 amide bonds. The molecule has 6 heteroatoms. The average molecular weight is 336 g/mol. The zero-order chi connectivity index (χ0) is 17.7. The van der Waals surface area contributed by atoms with Crippen LogP contribution in [0, 0.1) is 11.7 Å². The maximum absolute atomic E-state index is 13.4. The number of carboxylic acid groups (broad SMARTS) is 1. The molecule has 2 rings (SSSR count). The third-order valence-electron chi connectivity index (χ3n) is 4.71. The summed E-state index contributed by atoms with van der Waals surface area (Å²) >= 11 is 0. The van der Waals surface area contributed by atoms with Gasteiger partial charge >= 0.3 is 12.0 Å². The van der Waals surface area contributed by atoms with Crippen LogP contribution in [0.4, 0.5) is 9.18 Å². The number of carbonyl (C=O) groups is 2. The molecule has 1 aliphatic carbocycles. The van der Waals surface area contributed by atoms with Crippen LogP contribution in [0.25, 0.3) is 0 Å². The Hall–Kier alpha value is -2.11. The largest absolute Gasteiger partial charge is 0.481 e. The second-order valence-electron chi connectivity index (χ2n) is 7.11. The molecule has 3 N–H and O–H groups in total. The van der Waals surface area contributed by atoms with Crippen LogP contribution in [-0.2, 0) is 10.2 Å². The zero-order valence-corrected chi connectivity index (χ0v) is 14.1. The van der Waals surface area contributed by atoms with Crippen molar-refractivity contribution in [3.8, 4) is 0 Å². The number of benzene rings is 1. The van der Waals surface area contributed by atoms with E-state index in [1.54, 1.807) is 6.07 Å². The van der Waals surface area contributed by atoms with E-state index in [-0.39, 0.29) is 29.2 Å². The van der Waals surface area contributed by atoms with Crippen molar-refractivity contribution in [2.75, 3.05) is 6.54 Å². The second kappa shape index (κ2) is 7.64. The van der Waals surface area contributed by atoms with Gasteiger partial charge in [0.05, 0.1) is 5.92 Å². The Morgan fingerprint density at radius 2 is 1.92 bits per heavy atom. The van der Waals surface area contributed by atoms with Gasteiger partial charge in [0.15, 0.2) is 0 Å². The Morgan fingerprint density at radius 3 is 2.50 bits per heavy atom. The fraction of sp³-hybridized carbons (Fsp3) is 0.556. The molecule has 0 bridgehead atoms. The van der Waals surface area contributed by atoms with Gasteiger partial charge in [0.1, 0.15) is 5.82 Å². The topological polar surface area (TPSA) is 78.4 Å². The second-order valence-corrected chi connectivity index (χ2v) is 7.11. The normalized spacial score (nSPS) is 21.1. The molecule has 1 aromatic carbocycles. The van der Waals surface area contributed by atoms with Crippen molar-refractivity contribution in [3.63, 3.8) is 0 Å². The molecular weight excluding hydrogens is 311 g/mol. The van der Waals surface area contributed by atoms with Crippen LogP contribution in [0.2, 0.25) is 0 Å². The van der Waals surface area contributed by atoms with Gasteiger partial charge in [-0.05, 0) is 43.4 Å². The smallest absolute Gasteiger partial charge is 0.315 e. The van der Waals surface area contributed by atoms with Crippen molar-refractivity contribution in [3.05, 3.63) is 35.6 Å². The summed E-state index contributed by atoms with van der Waals surface area (Å²) in [5.41, 5.74) is 0.435. The number of hydrogen-bond acceptors (Lipinski definition) is 2. The molecule has 132 valence electrons. The first-order valence-electron chi connectivity index (χ1n) is 8.31. The molecule has 0 atom stereocenters. The Kier molecular flexibility index (Phi) is 5.80. The molecule has 0 heterocycles. The van der Waals surface area contributed by atoms with Gasteiger partial charge < -0.3 is 15.7 Å². The van der Waals surface area contributed by atoms with Crippen molar-refractivity contribution < 1.29 is 19.1 Å². The van der Waals surface area contributed by atoms with E-state index in [1.165, 1.54) is 12.1 Å². The summed E-state index contributed by atoms with van der Waals surface area (Å²) in [5.74, 6) is -1.34. The number of aliphatic carboxylic acids is 1. The van der Waals surface area contributed by atoms with Gasteiger partial charge in [-0.3, -0.25) is 4.79 Å². The predicted molar refractivity (Wildman–Crippen MR) is 89.3 cm³/mol. The summed E-state index contributed by atoms with van der Waals surface area (Å²) < 4.78 is 13.4. The molecule has 0 radical (unpaired) electrons. The van der Waals surface area contributed by atoms with Crippen molar-refractivity contribution in [2.24, 2.45) is 5.92 Å². The number of halogens is 1. The molecule has 24 heavy (non-hydrogen) atoms. The fourth-order valence-corrected chi connectivity index (χ4v) is 3.03. The first-order chi connectivity index (χ1) is 11.3. The van der Waals surface area contributed by atoms with Gasteiger partial charge in [0.25, 0.3) is 0 Å². The van der Waals surface area contributed by atoms with Crippen LogP contribution < -0.4 is 10.6 Å². The lowest BCUT2D eigenvalue weighted by molar-refractivity contribution is -0.142. The Labute approximate surface area is 141 Å². The maximum atomic E-state index is 13.4. The Bertz CT molecular complexity index is 596. The van der Waals surface area contributed by atoms with Gasteiger partial charge in [-0.2, -0.15) is 0 Å². The van der Waals surface area contributed by atoms with Crippen molar-refractivity contribution in [2.45, 2.75) is 51.0 Å². The molecule has 0 saturated heterocycles. The average Bonchev–Trinajstić information content (AvgIpc) is 2.53. The third kappa shape index (κ3) is 4.94. The summed E-state index contributed by atoms with van der Waals surface area (Å²) in [6.07, 6.45) is 2.54. The van der Waals surface area contributed by atoms with Crippen LogP contribution >= 0.6 is 0 Å². The van der Waals surface area contributed by atoms with Gasteiger partial charge in [0, 0.05) is 18.0 Å². The summed E-state index contributed by atoms with van der Waals surface area (Å²) in [5, 5.41) is 14.7. The summed E-state index contributed by atoms with van der Waals surface area (Å²) in [6, 6.07) is 6.12. The number of urea groups is 1. The van der Waals surface area contributed by atoms with Crippen molar-refractivity contribution >= 4 is 12.0 Å². The van der Waals surface area contributed by atoms with E-state index < -0.39 is 5.97 Å². The minimum atomic E-state index is -0.755. The first-order valence-corrected chi connectivity index (χ1v) is 8.31. The lowest BCUT2D eigenvalue weighted by Crippen LogP contribution is -2.47. The van der Waals surface area contributed by atoms with Crippen molar-refractivity contribution in [1.82, 2.24) is 10.6 Å². The van der Waals surface area contributed by atoms with E-state index in [0.717, 1.165) is 5.56 Å². The highest BCUT2D eigenvalue weighted by Crippen LogP contribution is 2.25. The zero-order valence-electron chi connectivity index (χ0n) is 14.1. The SMILES string of the molecule is CC(C)(CNC(=O)NC1CCC(C(=O)O)CC1)c1cccc(F)c1. The lowest BCUT2D eigenvalue weighted by atomic mass is 9.84. The summed E-state index contributed by atoms with van der Waals surface area (Å²) in [7, 11) is 0. The Balaban J connectivity index is 1.80. The quantitative estimate of drug-likeness (QED) is 0.773. The number of rotatable bonds is 5. The van der Waals surface area contributed by atoms with E-state index in [1.807, 2.05) is 19.9 Å². The van der Waals surface area contributed by atoms with Gasteiger partial charge in [-0.25, -0.2) is 9.18 Å². The van der Waals surface area contributed by atoms with Crippen molar-refractivity contribution in [1.29, 1.82) is 0 Å². The number of carbonyl (C=O) groups excluding carboxylic acids is 1. The van der Waals surface area contributed by atoms with Crippen LogP contribution in [0.15, 0.2) is 24.3 Å². The number of amides is 2. The first kappa shape index (κ1) is 18.2. The van der Waals surface area contributed by atoms with Crippen LogP contribution in [0.1, 0.15) is 45.1 Å². The molecule has 1 aliphatic rings. The highest BCUT2D eigenvalue weighted by Gasteiger charge is 2.27. The molecule has 1 saturated carbocycles. The summed E-state index contributed by atoms with van der Waals surface area (Å²) in [4.78, 5) is 23.0. The molecule has 0 aromatic heterocycles. The third-order valence-corrected chi connectivity index (χ3v) is 4.71. The van der Waals surface area contributed by atoms with Crippen LogP contribution in [-0.4, -0.2) is 29.7 Å². The van der Waals surface area contributed by atoms with Crippen LogP contribution in [0.5, 0.6) is 0 Å². The van der Waals surface area contributed by atoms with E-state index in [9.17, 15) is 14.0 Å². The maximum Gasteiger partial charge on any atom is 0.315 e. The highest BCUT2D eigenvalue weighted by atomic mass is 19.1. The van der Waals surface area contributed by atoms with E-state index in [4.69, 9.17) is 5.11 Å². The molecule has 1 fully saturated rings. The molecule has 0 aliphatic heterocycles. The predicted octanol–water partition coefficient (Wildman–Crippen LogP) is 3.05. The monoisotopic (exact) mass is 336 g/mol. The van der Waals surface area contributed by atoms with Gasteiger partial charge in [-0.1, -0.05) is 26.0 Å². The van der Waals surface area contributed by atoms with Crippen LogP contribution in [0.3, 0.4) is 0 Å². The minimum absolute atomic E-state index is 0.0119. The van der Waals surface area contributed by atoms with E-state index >= 15 is 0 Å². The Morgan fingerprint density at radius 1 is 1.25 bits per heavy atom. The number of carboxylic acids is 1. The minimum Gasteiger partial charge on any atom is -0.481 e. The van der Waals surface area contributed by atoms with Gasteiger partial charge in [0.2, 0.25) is 0 Å².